The lowest BCUT2D eigenvalue weighted by atomic mass is 9.89. The number of methoxy groups -OCH3 is 2. The highest BCUT2D eigenvalue weighted by atomic mass is 31.2. The predicted molar refractivity (Wildman–Crippen MR) is 173 cm³/mol. The molecule has 2 rings (SSSR count). The van der Waals surface area contributed by atoms with Crippen LogP contribution in [0.2, 0.25) is 0 Å². The van der Waals surface area contributed by atoms with E-state index in [0.29, 0.717) is 24.9 Å². The molecule has 13 heteroatoms. The van der Waals surface area contributed by atoms with Gasteiger partial charge in [0.1, 0.15) is 5.78 Å². The van der Waals surface area contributed by atoms with Crippen molar-refractivity contribution in [1.82, 2.24) is 15.1 Å². The zero-order valence-electron chi connectivity index (χ0n) is 28.1. The smallest absolute Gasteiger partial charge is 0.347 e. The van der Waals surface area contributed by atoms with Gasteiger partial charge in [0.15, 0.2) is 0 Å². The van der Waals surface area contributed by atoms with Gasteiger partial charge in [-0.05, 0) is 30.2 Å². The molecule has 1 aliphatic rings. The van der Waals surface area contributed by atoms with E-state index >= 15 is 0 Å². The average molecular weight is 655 g/mol. The summed E-state index contributed by atoms with van der Waals surface area (Å²) in [5, 5.41) is 2.55. The van der Waals surface area contributed by atoms with Gasteiger partial charge in [0, 0.05) is 34.2 Å². The van der Waals surface area contributed by atoms with E-state index in [0.717, 1.165) is 6.42 Å². The van der Waals surface area contributed by atoms with Gasteiger partial charge in [0.2, 0.25) is 17.7 Å². The van der Waals surface area contributed by atoms with Crippen molar-refractivity contribution in [2.45, 2.75) is 103 Å². The summed E-state index contributed by atoms with van der Waals surface area (Å²) in [5.41, 5.74) is 6.87. The number of benzene rings is 1. The monoisotopic (exact) mass is 654 g/mol. The number of nitrogens with two attached hydrogens (primary N) is 1. The molecule has 0 aromatic heterocycles. The van der Waals surface area contributed by atoms with Crippen LogP contribution in [0.15, 0.2) is 30.3 Å². The van der Waals surface area contributed by atoms with E-state index in [9.17, 15) is 28.7 Å². The maximum atomic E-state index is 13.9. The van der Waals surface area contributed by atoms with Crippen molar-refractivity contribution < 1.29 is 38.2 Å². The van der Waals surface area contributed by atoms with Gasteiger partial charge < -0.3 is 40.1 Å². The Morgan fingerprint density at radius 3 is 2.24 bits per heavy atom. The Kier molecular flexibility index (Phi) is 15.1. The SMILES string of the molecule is CC[C@H](C)[C@@H]([C@@H](CC(=O)N1CCC[C@H]1[C@H](OC)[C@@H](C)C(=O)N[C@@H](Cc1ccccc1)P(=O)(O)O)OC)N(C)C(=O)[C@@H](N)C(C)C. The molecule has 5 N–H and O–H groups in total. The quantitative estimate of drug-likeness (QED) is 0.184. The molecule has 0 spiro atoms. The third-order valence-corrected chi connectivity index (χ3v) is 10.4. The van der Waals surface area contributed by atoms with E-state index in [2.05, 4.69) is 5.32 Å². The summed E-state index contributed by atoms with van der Waals surface area (Å²) in [6, 6.07) is 7.31. The molecular weight excluding hydrogens is 599 g/mol. The Balaban J connectivity index is 2.23. The predicted octanol–water partition coefficient (Wildman–Crippen LogP) is 2.75. The fourth-order valence-electron chi connectivity index (χ4n) is 6.21. The second-order valence-corrected chi connectivity index (χ2v) is 14.5. The lowest BCUT2D eigenvalue weighted by molar-refractivity contribution is -0.146. The number of carbonyl (C=O) groups is 3. The molecule has 1 aromatic carbocycles. The van der Waals surface area contributed by atoms with Crippen molar-refractivity contribution >= 4 is 25.3 Å². The van der Waals surface area contributed by atoms with Gasteiger partial charge in [-0.15, -0.1) is 0 Å². The van der Waals surface area contributed by atoms with E-state index in [1.54, 1.807) is 54.1 Å². The van der Waals surface area contributed by atoms with E-state index in [-0.39, 0.29) is 42.5 Å². The number of hydrogen-bond donors (Lipinski definition) is 4. The second kappa shape index (κ2) is 17.5. The summed E-state index contributed by atoms with van der Waals surface area (Å²) in [5.74, 6) is -3.20. The number of ether oxygens (including phenoxy) is 2. The number of nitrogens with zero attached hydrogens (tertiary/aromatic N) is 2. The van der Waals surface area contributed by atoms with Gasteiger partial charge in [0.25, 0.3) is 0 Å². The Morgan fingerprint density at radius 2 is 1.73 bits per heavy atom. The molecule has 0 aliphatic carbocycles. The summed E-state index contributed by atoms with van der Waals surface area (Å²) in [7, 11) is 0.0298. The van der Waals surface area contributed by atoms with Crippen LogP contribution in [-0.2, 0) is 34.8 Å². The lowest BCUT2D eigenvalue weighted by Crippen LogP contribution is -2.56. The minimum absolute atomic E-state index is 0.0188. The van der Waals surface area contributed by atoms with Crippen LogP contribution >= 0.6 is 7.60 Å². The second-order valence-electron chi connectivity index (χ2n) is 12.7. The number of likely N-dealkylation sites (N-methyl/N-ethyl adjacent to an activating group) is 1. The van der Waals surface area contributed by atoms with Crippen LogP contribution in [0.25, 0.3) is 0 Å². The maximum Gasteiger partial charge on any atom is 0.347 e. The van der Waals surface area contributed by atoms with Crippen LogP contribution in [0.5, 0.6) is 0 Å². The molecule has 0 bridgehead atoms. The first-order valence-electron chi connectivity index (χ1n) is 15.9. The van der Waals surface area contributed by atoms with Gasteiger partial charge in [-0.1, -0.05) is 71.4 Å². The van der Waals surface area contributed by atoms with Crippen LogP contribution in [0.1, 0.15) is 65.9 Å². The molecule has 3 amide bonds. The first-order chi connectivity index (χ1) is 21.1. The molecule has 1 aromatic rings. The molecule has 0 saturated carbocycles. The van der Waals surface area contributed by atoms with Crippen molar-refractivity contribution in [3.63, 3.8) is 0 Å². The topological polar surface area (TPSA) is 172 Å². The van der Waals surface area contributed by atoms with Crippen LogP contribution in [0.3, 0.4) is 0 Å². The van der Waals surface area contributed by atoms with E-state index in [1.165, 1.54) is 14.2 Å². The molecule has 1 fully saturated rings. The van der Waals surface area contributed by atoms with E-state index in [1.807, 2.05) is 27.7 Å². The Morgan fingerprint density at radius 1 is 1.11 bits per heavy atom. The third-order valence-electron chi connectivity index (χ3n) is 9.25. The Labute approximate surface area is 268 Å². The molecule has 45 heavy (non-hydrogen) atoms. The molecular formula is C32H55N4O8P. The number of likely N-dealkylation sites (tertiary alicyclic amines) is 1. The Bertz CT molecular complexity index is 1150. The fraction of sp³-hybridized carbons (Fsp3) is 0.719. The third kappa shape index (κ3) is 10.3. The number of amides is 3. The normalized spacial score (nSPS) is 20.2. The Hall–Kier alpha value is -2.34. The minimum Gasteiger partial charge on any atom is -0.379 e. The average Bonchev–Trinajstić information content (AvgIpc) is 3.49. The number of carbonyl (C=O) groups excluding carboxylic acids is 3. The largest absolute Gasteiger partial charge is 0.379 e. The highest BCUT2D eigenvalue weighted by molar-refractivity contribution is 7.52. The fourth-order valence-corrected chi connectivity index (χ4v) is 6.96. The summed E-state index contributed by atoms with van der Waals surface area (Å²) in [6.07, 6.45) is 0.739. The summed E-state index contributed by atoms with van der Waals surface area (Å²) < 4.78 is 23.9. The summed E-state index contributed by atoms with van der Waals surface area (Å²) >= 11 is 0. The first kappa shape index (κ1) is 38.8. The maximum absolute atomic E-state index is 13.9. The number of nitrogens with one attached hydrogen (secondary N) is 1. The lowest BCUT2D eigenvalue weighted by Gasteiger charge is -2.40. The van der Waals surface area contributed by atoms with Gasteiger partial charge in [0.05, 0.1) is 42.7 Å². The van der Waals surface area contributed by atoms with Crippen molar-refractivity contribution in [1.29, 1.82) is 0 Å². The highest BCUT2D eigenvalue weighted by Gasteiger charge is 2.43. The minimum atomic E-state index is -4.68. The summed E-state index contributed by atoms with van der Waals surface area (Å²) in [6.45, 7) is 9.93. The van der Waals surface area contributed by atoms with Gasteiger partial charge in [-0.3, -0.25) is 18.9 Å². The molecule has 1 aliphatic heterocycles. The molecule has 256 valence electrons. The van der Waals surface area contributed by atoms with Crippen LogP contribution in [0.4, 0.5) is 0 Å². The van der Waals surface area contributed by atoms with E-state index < -0.39 is 49.5 Å². The van der Waals surface area contributed by atoms with Crippen molar-refractivity contribution in [3.8, 4) is 0 Å². The summed E-state index contributed by atoms with van der Waals surface area (Å²) in [4.78, 5) is 63.8. The van der Waals surface area contributed by atoms with Gasteiger partial charge >= 0.3 is 7.60 Å². The van der Waals surface area contributed by atoms with Crippen molar-refractivity contribution in [3.05, 3.63) is 35.9 Å². The zero-order chi connectivity index (χ0) is 34.1. The van der Waals surface area contributed by atoms with Gasteiger partial charge in [-0.25, -0.2) is 0 Å². The molecule has 1 saturated heterocycles. The van der Waals surface area contributed by atoms with E-state index in [4.69, 9.17) is 15.2 Å². The molecule has 1 heterocycles. The standard InChI is InChI=1S/C32H55N4O8P/c1-9-21(4)29(35(6)32(39)28(33)20(2)3)25(43-7)19-27(37)36-17-13-16-24(36)30(44-8)22(5)31(38)34-26(45(40,41)42)18-23-14-11-10-12-15-23/h10-12,14-15,20-22,24-26,28-30H,9,13,16-19,33H2,1-8H3,(H,34,38)(H2,40,41,42)/t21-,22+,24-,25+,26+,28-,29-,30+/m0/s1. The molecule has 8 atom stereocenters. The van der Waals surface area contributed by atoms with Crippen LogP contribution in [0, 0.1) is 17.8 Å². The van der Waals surface area contributed by atoms with Gasteiger partial charge in [-0.2, -0.15) is 0 Å². The number of hydrogen-bond acceptors (Lipinski definition) is 7. The molecule has 0 unspecified atom stereocenters. The van der Waals surface area contributed by atoms with Crippen LogP contribution in [-0.4, -0.2) is 101 Å². The highest BCUT2D eigenvalue weighted by Crippen LogP contribution is 2.41. The molecule has 0 radical (unpaired) electrons. The number of rotatable bonds is 17. The van der Waals surface area contributed by atoms with Crippen LogP contribution < -0.4 is 11.1 Å². The zero-order valence-corrected chi connectivity index (χ0v) is 29.0. The van der Waals surface area contributed by atoms with Crippen molar-refractivity contribution in [2.24, 2.45) is 23.5 Å². The first-order valence-corrected chi connectivity index (χ1v) is 17.5. The van der Waals surface area contributed by atoms with Crippen molar-refractivity contribution in [2.75, 3.05) is 27.8 Å². The molecule has 12 nitrogen and oxygen atoms in total.